The molecule has 8 heteroatoms. The highest BCUT2D eigenvalue weighted by Gasteiger charge is 2.35. The molecule has 0 aliphatic carbocycles. The number of hydrogen-bond donors (Lipinski definition) is 1. The Kier molecular flexibility index (Phi) is 4.66. The van der Waals surface area contributed by atoms with Gasteiger partial charge in [0.1, 0.15) is 12.4 Å². The molecule has 2 rings (SSSR count). The van der Waals surface area contributed by atoms with E-state index in [0.29, 0.717) is 0 Å². The Hall–Kier alpha value is -1.83. The van der Waals surface area contributed by atoms with Gasteiger partial charge in [-0.1, -0.05) is 28.1 Å². The summed E-state index contributed by atoms with van der Waals surface area (Å²) in [6.45, 7) is 0.108. The molecule has 0 unspecified atom stereocenters. The molecule has 1 N–H and O–H groups in total. The zero-order valence-corrected chi connectivity index (χ0v) is 12.5. The van der Waals surface area contributed by atoms with Crippen LogP contribution in [-0.2, 0) is 12.8 Å². The number of alkyl halides is 3. The molecule has 0 amide bonds. The van der Waals surface area contributed by atoms with Crippen molar-refractivity contribution in [1.82, 2.24) is 9.97 Å². The second-order valence-corrected chi connectivity index (χ2v) is 5.00. The molecular weight excluding hydrogens is 351 g/mol. The second kappa shape index (κ2) is 6.30. The zero-order valence-electron chi connectivity index (χ0n) is 10.9. The fourth-order valence-corrected chi connectivity index (χ4v) is 1.98. The summed E-state index contributed by atoms with van der Waals surface area (Å²) in [5.74, 6) is -1.33. The van der Waals surface area contributed by atoms with Crippen molar-refractivity contribution in [3.63, 3.8) is 0 Å². The third-order valence-corrected chi connectivity index (χ3v) is 2.98. The minimum Gasteiger partial charge on any atom is -0.473 e. The van der Waals surface area contributed by atoms with E-state index in [-0.39, 0.29) is 18.3 Å². The van der Waals surface area contributed by atoms with Crippen molar-refractivity contribution in [2.45, 2.75) is 12.8 Å². The molecule has 0 saturated carbocycles. The quantitative estimate of drug-likeness (QED) is 0.897. The monoisotopic (exact) mass is 361 g/mol. The van der Waals surface area contributed by atoms with Crippen LogP contribution in [0.1, 0.15) is 11.4 Å². The molecule has 112 valence electrons. The number of aromatic nitrogens is 2. The van der Waals surface area contributed by atoms with Gasteiger partial charge in [-0.15, -0.1) is 0 Å². The van der Waals surface area contributed by atoms with Crippen molar-refractivity contribution in [3.05, 3.63) is 46.2 Å². The van der Waals surface area contributed by atoms with Crippen molar-refractivity contribution in [3.8, 4) is 5.88 Å². The first-order valence-electron chi connectivity index (χ1n) is 5.90. The summed E-state index contributed by atoms with van der Waals surface area (Å²) in [6, 6.07) is 8.58. The maximum atomic E-state index is 12.7. The van der Waals surface area contributed by atoms with Gasteiger partial charge in [0.2, 0.25) is 11.7 Å². The van der Waals surface area contributed by atoms with E-state index in [0.717, 1.165) is 10.0 Å². The predicted molar refractivity (Wildman–Crippen MR) is 75.1 cm³/mol. The lowest BCUT2D eigenvalue weighted by Crippen LogP contribution is -2.13. The summed E-state index contributed by atoms with van der Waals surface area (Å²) in [7, 11) is 1.47. The Morgan fingerprint density at radius 3 is 2.62 bits per heavy atom. The minimum absolute atomic E-state index is 0.0431. The van der Waals surface area contributed by atoms with Crippen molar-refractivity contribution in [1.29, 1.82) is 0 Å². The van der Waals surface area contributed by atoms with Crippen LogP contribution in [0.3, 0.4) is 0 Å². The fourth-order valence-electron chi connectivity index (χ4n) is 1.54. The maximum absolute atomic E-state index is 12.7. The van der Waals surface area contributed by atoms with Gasteiger partial charge in [-0.2, -0.15) is 18.2 Å². The number of rotatable bonds is 4. The Morgan fingerprint density at radius 1 is 1.24 bits per heavy atom. The van der Waals surface area contributed by atoms with Gasteiger partial charge in [-0.25, -0.2) is 4.98 Å². The number of anilines is 1. The Morgan fingerprint density at radius 2 is 2.00 bits per heavy atom. The van der Waals surface area contributed by atoms with Gasteiger partial charge in [-0.05, 0) is 17.7 Å². The van der Waals surface area contributed by atoms with Crippen LogP contribution in [0.4, 0.5) is 19.0 Å². The first-order valence-corrected chi connectivity index (χ1v) is 6.69. The molecule has 1 heterocycles. The highest BCUT2D eigenvalue weighted by Crippen LogP contribution is 2.29. The number of hydrogen-bond acceptors (Lipinski definition) is 4. The Bertz CT molecular complexity index is 634. The number of nitrogens with one attached hydrogen (secondary N) is 1. The minimum atomic E-state index is -4.62. The average Bonchev–Trinajstić information content (AvgIpc) is 2.44. The molecule has 0 radical (unpaired) electrons. The molecule has 0 saturated heterocycles. The molecule has 1 aromatic heterocycles. The lowest BCUT2D eigenvalue weighted by atomic mass is 10.2. The van der Waals surface area contributed by atoms with Gasteiger partial charge >= 0.3 is 6.18 Å². The van der Waals surface area contributed by atoms with Crippen molar-refractivity contribution in [2.75, 3.05) is 12.4 Å². The number of halogens is 4. The van der Waals surface area contributed by atoms with E-state index in [1.807, 2.05) is 18.2 Å². The van der Waals surface area contributed by atoms with Gasteiger partial charge in [-0.3, -0.25) is 0 Å². The number of benzene rings is 1. The second-order valence-electron chi connectivity index (χ2n) is 4.08. The largest absolute Gasteiger partial charge is 0.473 e. The van der Waals surface area contributed by atoms with Gasteiger partial charge in [0.25, 0.3) is 0 Å². The molecule has 0 bridgehead atoms. The molecule has 1 aromatic carbocycles. The highest BCUT2D eigenvalue weighted by molar-refractivity contribution is 9.10. The van der Waals surface area contributed by atoms with Crippen molar-refractivity contribution in [2.24, 2.45) is 0 Å². The van der Waals surface area contributed by atoms with Crippen LogP contribution in [0.15, 0.2) is 34.8 Å². The third-order valence-electron chi connectivity index (χ3n) is 2.49. The van der Waals surface area contributed by atoms with Crippen LogP contribution in [-0.4, -0.2) is 17.0 Å². The molecule has 0 fully saturated rings. The average molecular weight is 362 g/mol. The fraction of sp³-hybridized carbons (Fsp3) is 0.231. The van der Waals surface area contributed by atoms with Crippen LogP contribution in [0.25, 0.3) is 0 Å². The van der Waals surface area contributed by atoms with Crippen LogP contribution in [0.5, 0.6) is 5.88 Å². The van der Waals surface area contributed by atoms with E-state index in [1.54, 1.807) is 6.07 Å². The first-order chi connectivity index (χ1) is 9.88. The smallest absolute Gasteiger partial charge is 0.451 e. The van der Waals surface area contributed by atoms with Gasteiger partial charge in [0, 0.05) is 17.6 Å². The topological polar surface area (TPSA) is 47.0 Å². The molecule has 0 aliphatic heterocycles. The predicted octanol–water partition coefficient (Wildman–Crippen LogP) is 3.88. The molecular formula is C13H11BrF3N3O. The summed E-state index contributed by atoms with van der Waals surface area (Å²) in [4.78, 5) is 6.74. The summed E-state index contributed by atoms with van der Waals surface area (Å²) in [6.07, 6.45) is -4.62. The normalized spacial score (nSPS) is 11.3. The zero-order chi connectivity index (χ0) is 15.5. The van der Waals surface area contributed by atoms with Crippen LogP contribution < -0.4 is 10.1 Å². The first kappa shape index (κ1) is 15.6. The van der Waals surface area contributed by atoms with Crippen molar-refractivity contribution >= 4 is 21.7 Å². The summed E-state index contributed by atoms with van der Waals surface area (Å²) >= 11 is 3.31. The van der Waals surface area contributed by atoms with E-state index in [9.17, 15) is 13.2 Å². The number of ether oxygens (including phenoxy) is 1. The standard InChI is InChI=1S/C13H11BrF3N3O/c1-18-10-6-11(20-12(19-10)13(15,16)17)21-7-8-3-2-4-9(14)5-8/h2-6H,7H2,1H3,(H,18,19,20). The maximum Gasteiger partial charge on any atom is 0.451 e. The van der Waals surface area contributed by atoms with E-state index in [1.165, 1.54) is 13.1 Å². The van der Waals surface area contributed by atoms with E-state index in [4.69, 9.17) is 4.74 Å². The molecule has 2 aromatic rings. The Labute approximate surface area is 127 Å². The highest BCUT2D eigenvalue weighted by atomic mass is 79.9. The van der Waals surface area contributed by atoms with Crippen LogP contribution >= 0.6 is 15.9 Å². The van der Waals surface area contributed by atoms with Crippen LogP contribution in [0, 0.1) is 0 Å². The molecule has 4 nitrogen and oxygen atoms in total. The third kappa shape index (κ3) is 4.32. The van der Waals surface area contributed by atoms with Crippen LogP contribution in [0.2, 0.25) is 0 Å². The van der Waals surface area contributed by atoms with E-state index < -0.39 is 12.0 Å². The SMILES string of the molecule is CNc1cc(OCc2cccc(Br)c2)nc(C(F)(F)F)n1. The van der Waals surface area contributed by atoms with Gasteiger partial charge in [0.15, 0.2) is 0 Å². The Balaban J connectivity index is 2.19. The van der Waals surface area contributed by atoms with E-state index in [2.05, 4.69) is 31.2 Å². The van der Waals surface area contributed by atoms with Gasteiger partial charge < -0.3 is 10.1 Å². The van der Waals surface area contributed by atoms with E-state index >= 15 is 0 Å². The molecule has 0 aliphatic rings. The summed E-state index contributed by atoms with van der Waals surface area (Å²) in [5, 5.41) is 2.55. The number of nitrogens with zero attached hydrogens (tertiary/aromatic N) is 2. The van der Waals surface area contributed by atoms with Crippen molar-refractivity contribution < 1.29 is 17.9 Å². The molecule has 0 atom stereocenters. The lowest BCUT2D eigenvalue weighted by Gasteiger charge is -2.11. The van der Waals surface area contributed by atoms with Gasteiger partial charge in [0.05, 0.1) is 0 Å². The molecule has 21 heavy (non-hydrogen) atoms. The lowest BCUT2D eigenvalue weighted by molar-refractivity contribution is -0.145. The summed E-state index contributed by atoms with van der Waals surface area (Å²) in [5.41, 5.74) is 0.808. The molecule has 0 spiro atoms. The summed E-state index contributed by atoms with van der Waals surface area (Å²) < 4.78 is 44.2.